The molecule has 1 atom stereocenters. The zero-order valence-corrected chi connectivity index (χ0v) is 21.9. The van der Waals surface area contributed by atoms with Gasteiger partial charge in [-0.15, -0.1) is 0 Å². The predicted molar refractivity (Wildman–Crippen MR) is 139 cm³/mol. The number of ketones is 1. The average Bonchev–Trinajstić information content (AvgIpc) is 2.82. The number of ether oxygens (including phenoxy) is 2. The molecule has 194 valence electrons. The summed E-state index contributed by atoms with van der Waals surface area (Å²) in [5.41, 5.74) is -0.0490. The van der Waals surface area contributed by atoms with E-state index in [2.05, 4.69) is 0 Å². The van der Waals surface area contributed by atoms with Gasteiger partial charge in [-0.3, -0.25) is 19.7 Å². The number of aromatic nitrogens is 1. The fourth-order valence-corrected chi connectivity index (χ4v) is 3.86. The van der Waals surface area contributed by atoms with Crippen molar-refractivity contribution in [2.75, 3.05) is 7.11 Å². The Morgan fingerprint density at radius 2 is 1.73 bits per heavy atom. The largest absolute Gasteiger partial charge is 0.495 e. The summed E-state index contributed by atoms with van der Waals surface area (Å²) in [5, 5.41) is 11.8. The quantitative estimate of drug-likeness (QED) is 0.218. The molecule has 0 bridgehead atoms. The monoisotopic (exact) mass is 526 g/mol. The standard InChI is InChI=1S/C27H27ClN2O7/c1-16(23(31)12-17-6-8-18(9-7-17)26(33)37-27(2,3)4)29-15-24(36-5)21(14-25(29)32)20-13-19(28)10-11-22(20)30(34)35/h6-11,13-16H,12H2,1-5H3. The lowest BCUT2D eigenvalue weighted by atomic mass is 10.0. The molecule has 0 amide bonds. The predicted octanol–water partition coefficient (Wildman–Crippen LogP) is 5.41. The Labute approximate surface area is 218 Å². The van der Waals surface area contributed by atoms with Crippen LogP contribution in [-0.2, 0) is 16.0 Å². The van der Waals surface area contributed by atoms with Crippen LogP contribution in [0.15, 0.2) is 59.5 Å². The first-order valence-electron chi connectivity index (χ1n) is 11.4. The van der Waals surface area contributed by atoms with Crippen LogP contribution in [0, 0.1) is 10.1 Å². The summed E-state index contributed by atoms with van der Waals surface area (Å²) in [4.78, 5) is 49.1. The number of Topliss-reactive ketones (excluding diaryl/α,β-unsaturated/α-hetero) is 1. The van der Waals surface area contributed by atoms with Crippen molar-refractivity contribution in [1.82, 2.24) is 4.57 Å². The van der Waals surface area contributed by atoms with Gasteiger partial charge in [0.05, 0.1) is 35.4 Å². The zero-order valence-electron chi connectivity index (χ0n) is 21.1. The Morgan fingerprint density at radius 1 is 1.08 bits per heavy atom. The van der Waals surface area contributed by atoms with Gasteiger partial charge in [0.25, 0.3) is 11.2 Å². The van der Waals surface area contributed by atoms with Crippen LogP contribution in [0.3, 0.4) is 0 Å². The highest BCUT2D eigenvalue weighted by molar-refractivity contribution is 6.31. The van der Waals surface area contributed by atoms with Crippen molar-refractivity contribution >= 4 is 29.0 Å². The van der Waals surface area contributed by atoms with Crippen LogP contribution in [0.2, 0.25) is 5.02 Å². The summed E-state index contributed by atoms with van der Waals surface area (Å²) in [6, 6.07) is 10.9. The lowest BCUT2D eigenvalue weighted by molar-refractivity contribution is -0.384. The van der Waals surface area contributed by atoms with Crippen LogP contribution in [0.25, 0.3) is 11.1 Å². The fraction of sp³-hybridized carbons (Fsp3) is 0.296. The number of pyridine rings is 1. The summed E-state index contributed by atoms with van der Waals surface area (Å²) < 4.78 is 12.0. The molecular weight excluding hydrogens is 500 g/mol. The molecule has 2 aromatic carbocycles. The number of halogens is 1. The highest BCUT2D eigenvalue weighted by Gasteiger charge is 2.24. The van der Waals surface area contributed by atoms with Crippen molar-refractivity contribution in [2.45, 2.75) is 45.8 Å². The van der Waals surface area contributed by atoms with Crippen LogP contribution in [0.5, 0.6) is 5.75 Å². The molecule has 0 saturated carbocycles. The lowest BCUT2D eigenvalue weighted by Gasteiger charge is -2.19. The molecule has 10 heteroatoms. The van der Waals surface area contributed by atoms with Gasteiger partial charge in [0.1, 0.15) is 11.4 Å². The number of nitro benzene ring substituents is 1. The van der Waals surface area contributed by atoms with Crippen LogP contribution >= 0.6 is 11.6 Å². The molecule has 0 radical (unpaired) electrons. The maximum absolute atomic E-state index is 13.0. The smallest absolute Gasteiger partial charge is 0.338 e. The molecule has 0 aliphatic rings. The Hall–Kier alpha value is -3.98. The van der Waals surface area contributed by atoms with E-state index in [0.29, 0.717) is 11.1 Å². The number of nitrogens with zero attached hydrogens (tertiary/aromatic N) is 2. The minimum absolute atomic E-state index is 0.0199. The molecule has 1 unspecified atom stereocenters. The van der Waals surface area contributed by atoms with Crippen molar-refractivity contribution in [3.63, 3.8) is 0 Å². The van der Waals surface area contributed by atoms with Gasteiger partial charge in [-0.1, -0.05) is 23.7 Å². The van der Waals surface area contributed by atoms with E-state index in [1.807, 2.05) is 0 Å². The maximum Gasteiger partial charge on any atom is 0.338 e. The van der Waals surface area contributed by atoms with Crippen molar-refractivity contribution in [3.05, 3.63) is 91.3 Å². The second-order valence-corrected chi connectivity index (χ2v) is 9.87. The Morgan fingerprint density at radius 3 is 2.30 bits per heavy atom. The second kappa shape index (κ2) is 11.0. The van der Waals surface area contributed by atoms with Crippen LogP contribution in [-0.4, -0.2) is 34.0 Å². The molecule has 0 N–H and O–H groups in total. The highest BCUT2D eigenvalue weighted by Crippen LogP contribution is 2.37. The van der Waals surface area contributed by atoms with E-state index in [1.54, 1.807) is 52.0 Å². The number of hydrogen-bond donors (Lipinski definition) is 0. The molecule has 0 aliphatic heterocycles. The molecule has 9 nitrogen and oxygen atoms in total. The second-order valence-electron chi connectivity index (χ2n) is 9.44. The van der Waals surface area contributed by atoms with Gasteiger partial charge >= 0.3 is 5.97 Å². The molecule has 3 aromatic rings. The summed E-state index contributed by atoms with van der Waals surface area (Å²) in [6.45, 7) is 6.91. The molecule has 37 heavy (non-hydrogen) atoms. The zero-order chi connectivity index (χ0) is 27.5. The third-order valence-corrected chi connectivity index (χ3v) is 5.79. The van der Waals surface area contributed by atoms with E-state index in [9.17, 15) is 24.5 Å². The van der Waals surface area contributed by atoms with Gasteiger partial charge in [0.2, 0.25) is 0 Å². The number of esters is 1. The summed E-state index contributed by atoms with van der Waals surface area (Å²) in [7, 11) is 1.36. The van der Waals surface area contributed by atoms with Crippen molar-refractivity contribution < 1.29 is 24.0 Å². The number of benzene rings is 2. The molecule has 0 spiro atoms. The molecule has 0 fully saturated rings. The van der Waals surface area contributed by atoms with Gasteiger partial charge in [-0.2, -0.15) is 0 Å². The van der Waals surface area contributed by atoms with Gasteiger partial charge in [0, 0.05) is 29.1 Å². The third kappa shape index (κ3) is 6.62. The van der Waals surface area contributed by atoms with Gasteiger partial charge in [0.15, 0.2) is 5.78 Å². The van der Waals surface area contributed by atoms with E-state index >= 15 is 0 Å². The van der Waals surface area contributed by atoms with Gasteiger partial charge in [-0.25, -0.2) is 4.79 Å². The van der Waals surface area contributed by atoms with E-state index in [-0.39, 0.29) is 39.8 Å². The SMILES string of the molecule is COc1cn(C(C)C(=O)Cc2ccc(C(=O)OC(C)(C)C)cc2)c(=O)cc1-c1cc(Cl)ccc1[N+](=O)[O-]. The topological polar surface area (TPSA) is 118 Å². The molecule has 0 aliphatic carbocycles. The van der Waals surface area contributed by atoms with Crippen molar-refractivity contribution in [1.29, 1.82) is 0 Å². The highest BCUT2D eigenvalue weighted by atomic mass is 35.5. The summed E-state index contributed by atoms with van der Waals surface area (Å²) in [5.74, 6) is -0.542. The van der Waals surface area contributed by atoms with Crippen molar-refractivity contribution in [2.24, 2.45) is 0 Å². The average molecular weight is 527 g/mol. The maximum atomic E-state index is 13.0. The number of rotatable bonds is 8. The minimum Gasteiger partial charge on any atom is -0.495 e. The first kappa shape index (κ1) is 27.6. The number of methoxy groups -OCH3 is 1. The Bertz CT molecular complexity index is 1410. The fourth-order valence-electron chi connectivity index (χ4n) is 3.69. The van der Waals surface area contributed by atoms with E-state index in [0.717, 1.165) is 0 Å². The van der Waals surface area contributed by atoms with Crippen LogP contribution < -0.4 is 10.3 Å². The first-order chi connectivity index (χ1) is 17.3. The number of hydrogen-bond acceptors (Lipinski definition) is 7. The summed E-state index contributed by atoms with van der Waals surface area (Å²) >= 11 is 6.05. The molecule has 0 saturated heterocycles. The van der Waals surface area contributed by atoms with Crippen LogP contribution in [0.4, 0.5) is 5.69 Å². The molecular formula is C27H27ClN2O7. The van der Waals surface area contributed by atoms with Crippen molar-refractivity contribution in [3.8, 4) is 16.9 Å². The van der Waals surface area contributed by atoms with E-state index < -0.39 is 28.1 Å². The normalized spacial score (nSPS) is 12.1. The number of nitro groups is 1. The Balaban J connectivity index is 1.86. The third-order valence-electron chi connectivity index (χ3n) is 5.56. The number of carbonyl (C=O) groups excluding carboxylic acids is 2. The van der Waals surface area contributed by atoms with Crippen LogP contribution in [0.1, 0.15) is 49.7 Å². The minimum atomic E-state index is -0.852. The molecule has 3 rings (SSSR count). The molecule has 1 heterocycles. The van der Waals surface area contributed by atoms with Gasteiger partial charge < -0.3 is 14.0 Å². The molecule has 1 aromatic heterocycles. The first-order valence-corrected chi connectivity index (χ1v) is 11.8. The van der Waals surface area contributed by atoms with E-state index in [4.69, 9.17) is 21.1 Å². The summed E-state index contributed by atoms with van der Waals surface area (Å²) in [6.07, 6.45) is 1.38. The number of carbonyl (C=O) groups is 2. The van der Waals surface area contributed by atoms with Gasteiger partial charge in [-0.05, 0) is 57.5 Å². The Kier molecular flexibility index (Phi) is 8.18. The lowest BCUT2D eigenvalue weighted by Crippen LogP contribution is -2.28. The van der Waals surface area contributed by atoms with E-state index in [1.165, 1.54) is 42.1 Å².